The molecule has 2 aliphatic rings. The topological polar surface area (TPSA) is 88.2 Å². The molecule has 8 nitrogen and oxygen atoms in total. The van der Waals surface area contributed by atoms with E-state index in [1.807, 2.05) is 42.5 Å². The van der Waals surface area contributed by atoms with Crippen LogP contribution in [-0.4, -0.2) is 49.9 Å². The minimum absolute atomic E-state index is 0.126. The van der Waals surface area contributed by atoms with Crippen molar-refractivity contribution in [3.05, 3.63) is 89.0 Å². The summed E-state index contributed by atoms with van der Waals surface area (Å²) in [6.45, 7) is 0.639. The van der Waals surface area contributed by atoms with Gasteiger partial charge in [0, 0.05) is 30.6 Å². The predicted octanol–water partition coefficient (Wildman–Crippen LogP) is 3.57. The van der Waals surface area contributed by atoms with Gasteiger partial charge in [0.15, 0.2) is 11.5 Å². The van der Waals surface area contributed by atoms with Gasteiger partial charge in [0.1, 0.15) is 6.17 Å². The van der Waals surface area contributed by atoms with Crippen LogP contribution in [0, 0.1) is 0 Å². The summed E-state index contributed by atoms with van der Waals surface area (Å²) >= 11 is 0. The molecule has 0 saturated heterocycles. The second kappa shape index (κ2) is 9.73. The molecule has 2 heterocycles. The van der Waals surface area contributed by atoms with Crippen LogP contribution in [-0.2, 0) is 11.2 Å². The molecule has 2 aliphatic heterocycles. The smallest absolute Gasteiger partial charge is 0.260 e. The number of anilines is 1. The number of hydrogen-bond donors (Lipinski definition) is 1. The van der Waals surface area contributed by atoms with Gasteiger partial charge in [0.2, 0.25) is 5.91 Å². The molecule has 184 valence electrons. The summed E-state index contributed by atoms with van der Waals surface area (Å²) < 4.78 is 10.6. The van der Waals surface area contributed by atoms with Gasteiger partial charge in [-0.25, -0.2) is 0 Å². The number of carbonyl (C=O) groups is 3. The number of rotatable bonds is 8. The lowest BCUT2D eigenvalue weighted by Gasteiger charge is -2.40. The van der Waals surface area contributed by atoms with Crippen LogP contribution in [0.1, 0.15) is 44.4 Å². The molecule has 3 aromatic rings. The van der Waals surface area contributed by atoms with Crippen molar-refractivity contribution in [2.24, 2.45) is 0 Å². The first-order chi connectivity index (χ1) is 17.5. The average molecular weight is 486 g/mol. The Kier molecular flexibility index (Phi) is 6.33. The zero-order valence-electron chi connectivity index (χ0n) is 20.2. The van der Waals surface area contributed by atoms with Crippen LogP contribution in [0.3, 0.4) is 0 Å². The lowest BCUT2D eigenvalue weighted by atomic mass is 10.0. The van der Waals surface area contributed by atoms with Gasteiger partial charge < -0.3 is 19.7 Å². The number of nitrogens with zero attached hydrogens (tertiary/aromatic N) is 2. The number of methoxy groups -OCH3 is 2. The molecule has 3 aromatic carbocycles. The molecule has 1 N–H and O–H groups in total. The highest BCUT2D eigenvalue weighted by atomic mass is 16.5. The van der Waals surface area contributed by atoms with E-state index in [0.29, 0.717) is 41.3 Å². The van der Waals surface area contributed by atoms with Crippen molar-refractivity contribution in [3.63, 3.8) is 0 Å². The van der Waals surface area contributed by atoms with Gasteiger partial charge in [0.25, 0.3) is 11.8 Å². The zero-order valence-corrected chi connectivity index (χ0v) is 20.2. The van der Waals surface area contributed by atoms with Gasteiger partial charge in [-0.3, -0.25) is 19.3 Å². The summed E-state index contributed by atoms with van der Waals surface area (Å²) in [7, 11) is 3.17. The van der Waals surface area contributed by atoms with Crippen molar-refractivity contribution < 1.29 is 23.9 Å². The number of carbonyl (C=O) groups excluding carboxylic acids is 3. The highest BCUT2D eigenvalue weighted by Gasteiger charge is 2.47. The summed E-state index contributed by atoms with van der Waals surface area (Å²) in [6.07, 6.45) is 0.191. The number of ether oxygens (including phenoxy) is 2. The van der Waals surface area contributed by atoms with Crippen LogP contribution in [0.2, 0.25) is 0 Å². The van der Waals surface area contributed by atoms with Gasteiger partial charge in [-0.1, -0.05) is 36.4 Å². The molecular weight excluding hydrogens is 458 g/mol. The van der Waals surface area contributed by atoms with E-state index in [-0.39, 0.29) is 30.7 Å². The molecule has 36 heavy (non-hydrogen) atoms. The van der Waals surface area contributed by atoms with Gasteiger partial charge in [-0.05, 0) is 42.3 Å². The van der Waals surface area contributed by atoms with Crippen molar-refractivity contribution in [1.29, 1.82) is 0 Å². The molecule has 5 rings (SSSR count). The van der Waals surface area contributed by atoms with E-state index in [4.69, 9.17) is 9.47 Å². The Morgan fingerprint density at radius 1 is 0.889 bits per heavy atom. The van der Waals surface area contributed by atoms with E-state index in [1.165, 1.54) is 0 Å². The van der Waals surface area contributed by atoms with Crippen LogP contribution >= 0.6 is 0 Å². The van der Waals surface area contributed by atoms with E-state index in [1.54, 1.807) is 48.3 Å². The molecule has 1 unspecified atom stereocenters. The third kappa shape index (κ3) is 4.04. The molecule has 3 amide bonds. The van der Waals surface area contributed by atoms with Crippen LogP contribution in [0.5, 0.6) is 11.5 Å². The third-order valence-corrected chi connectivity index (χ3v) is 6.65. The number of para-hydroxylation sites is 1. The molecule has 0 saturated carbocycles. The number of nitrogens with one attached hydrogen (secondary N) is 1. The SMILES string of the molecule is COc1ccc(CCNC(=O)CCN2C(=O)c3ccccc3N3C(=O)c4ccccc4C23)cc1OC. The maximum absolute atomic E-state index is 13.4. The minimum atomic E-state index is -0.560. The third-order valence-electron chi connectivity index (χ3n) is 6.65. The highest BCUT2D eigenvalue weighted by Crippen LogP contribution is 2.45. The van der Waals surface area contributed by atoms with Gasteiger partial charge >= 0.3 is 0 Å². The van der Waals surface area contributed by atoms with E-state index in [0.717, 1.165) is 11.1 Å². The Bertz CT molecular complexity index is 1340. The quantitative estimate of drug-likeness (QED) is 0.527. The second-order valence-corrected chi connectivity index (χ2v) is 8.69. The second-order valence-electron chi connectivity index (χ2n) is 8.69. The lowest BCUT2D eigenvalue weighted by molar-refractivity contribution is -0.121. The van der Waals surface area contributed by atoms with E-state index in [2.05, 4.69) is 5.32 Å². The van der Waals surface area contributed by atoms with Crippen LogP contribution in [0.15, 0.2) is 66.7 Å². The molecule has 0 aliphatic carbocycles. The number of hydrogen-bond acceptors (Lipinski definition) is 5. The Hall–Kier alpha value is -4.33. The first-order valence-corrected chi connectivity index (χ1v) is 11.8. The van der Waals surface area contributed by atoms with Crippen molar-refractivity contribution >= 4 is 23.4 Å². The molecule has 1 atom stereocenters. The normalized spacial score (nSPS) is 15.8. The molecule has 8 heteroatoms. The summed E-state index contributed by atoms with van der Waals surface area (Å²) in [6, 6.07) is 20.1. The van der Waals surface area contributed by atoms with Gasteiger partial charge in [-0.15, -0.1) is 0 Å². The van der Waals surface area contributed by atoms with Crippen molar-refractivity contribution in [1.82, 2.24) is 10.2 Å². The number of benzene rings is 3. The van der Waals surface area contributed by atoms with Crippen molar-refractivity contribution in [3.8, 4) is 11.5 Å². The summed E-state index contributed by atoms with van der Waals surface area (Å²) in [4.78, 5) is 42.6. The van der Waals surface area contributed by atoms with E-state index < -0.39 is 6.17 Å². The standard InChI is InChI=1S/C28H27N3O5/c1-35-23-12-11-18(17-24(23)36-2)13-15-29-25(32)14-16-30-26-19-7-3-4-8-20(19)28(34)31(26)22-10-6-5-9-21(22)27(30)33/h3-12,17,26H,13-16H2,1-2H3,(H,29,32). The highest BCUT2D eigenvalue weighted by molar-refractivity contribution is 6.16. The Balaban J connectivity index is 1.27. The predicted molar refractivity (Wildman–Crippen MR) is 134 cm³/mol. The Morgan fingerprint density at radius 3 is 2.39 bits per heavy atom. The number of amides is 3. The molecule has 0 aromatic heterocycles. The van der Waals surface area contributed by atoms with E-state index in [9.17, 15) is 14.4 Å². The maximum Gasteiger partial charge on any atom is 0.260 e. The molecule has 0 radical (unpaired) electrons. The fourth-order valence-electron chi connectivity index (χ4n) is 4.89. The molecule has 0 bridgehead atoms. The zero-order chi connectivity index (χ0) is 25.2. The molecular formula is C28H27N3O5. The van der Waals surface area contributed by atoms with Crippen molar-refractivity contribution in [2.45, 2.75) is 19.0 Å². The summed E-state index contributed by atoms with van der Waals surface area (Å²) in [5.74, 6) is 0.806. The minimum Gasteiger partial charge on any atom is -0.493 e. The summed E-state index contributed by atoms with van der Waals surface area (Å²) in [5, 5.41) is 2.93. The van der Waals surface area contributed by atoms with Gasteiger partial charge in [-0.2, -0.15) is 0 Å². The Labute approximate surface area is 209 Å². The monoisotopic (exact) mass is 485 g/mol. The lowest BCUT2D eigenvalue weighted by Crippen LogP contribution is -2.49. The summed E-state index contributed by atoms with van der Waals surface area (Å²) in [5.41, 5.74) is 3.43. The Morgan fingerprint density at radius 2 is 1.61 bits per heavy atom. The number of fused-ring (bicyclic) bond motifs is 5. The van der Waals surface area contributed by atoms with Crippen LogP contribution in [0.25, 0.3) is 0 Å². The first kappa shape index (κ1) is 23.4. The van der Waals surface area contributed by atoms with Crippen LogP contribution < -0.4 is 19.7 Å². The van der Waals surface area contributed by atoms with E-state index >= 15 is 0 Å². The van der Waals surface area contributed by atoms with Crippen LogP contribution in [0.4, 0.5) is 5.69 Å². The van der Waals surface area contributed by atoms with Gasteiger partial charge in [0.05, 0.1) is 25.5 Å². The molecule has 0 fully saturated rings. The first-order valence-electron chi connectivity index (χ1n) is 11.8. The largest absolute Gasteiger partial charge is 0.493 e. The maximum atomic E-state index is 13.4. The fourth-order valence-corrected chi connectivity index (χ4v) is 4.89. The molecule has 0 spiro atoms. The fraction of sp³-hybridized carbons (Fsp3) is 0.250. The average Bonchev–Trinajstić information content (AvgIpc) is 3.21. The van der Waals surface area contributed by atoms with Crippen molar-refractivity contribution in [2.75, 3.05) is 32.2 Å².